The van der Waals surface area contributed by atoms with Gasteiger partial charge in [-0.2, -0.15) is 4.31 Å². The van der Waals surface area contributed by atoms with E-state index in [1.54, 1.807) is 12.1 Å². The second-order valence-corrected chi connectivity index (χ2v) is 9.23. The second kappa shape index (κ2) is 10.2. The monoisotopic (exact) mass is 395 g/mol. The van der Waals surface area contributed by atoms with Crippen molar-refractivity contribution >= 4 is 15.9 Å². The molecule has 2 rings (SSSR count). The Morgan fingerprint density at radius 1 is 1.11 bits per heavy atom. The highest BCUT2D eigenvalue weighted by Crippen LogP contribution is 2.16. The molecular formula is C20H33N3O3S. The van der Waals surface area contributed by atoms with Crippen LogP contribution in [0.2, 0.25) is 0 Å². The second-order valence-electron chi connectivity index (χ2n) is 7.29. The molecule has 1 N–H and O–H groups in total. The zero-order valence-electron chi connectivity index (χ0n) is 16.8. The molecule has 0 radical (unpaired) electrons. The first-order chi connectivity index (χ1) is 12.9. The SMILES string of the molecule is CCN(CC)S(=O)(=O)c1ccc(C(=O)NCC(C)CN2CCCCC2)cc1. The van der Waals surface area contributed by atoms with Crippen LogP contribution in [0.5, 0.6) is 0 Å². The van der Waals surface area contributed by atoms with Gasteiger partial charge >= 0.3 is 0 Å². The van der Waals surface area contributed by atoms with Gasteiger partial charge in [0.1, 0.15) is 0 Å². The van der Waals surface area contributed by atoms with E-state index < -0.39 is 10.0 Å². The van der Waals surface area contributed by atoms with Crippen LogP contribution in [0.4, 0.5) is 0 Å². The predicted octanol–water partition coefficient (Wildman–Crippen LogP) is 2.57. The molecule has 152 valence electrons. The normalized spacial score (nSPS) is 17.0. The van der Waals surface area contributed by atoms with Crippen molar-refractivity contribution in [2.45, 2.75) is 44.9 Å². The van der Waals surface area contributed by atoms with E-state index in [-0.39, 0.29) is 10.8 Å². The van der Waals surface area contributed by atoms with Crippen LogP contribution in [0.1, 0.15) is 50.4 Å². The third-order valence-corrected chi connectivity index (χ3v) is 7.15. The number of hydrogen-bond donors (Lipinski definition) is 1. The maximum absolute atomic E-state index is 12.5. The third kappa shape index (κ3) is 6.02. The highest BCUT2D eigenvalue weighted by molar-refractivity contribution is 7.89. The lowest BCUT2D eigenvalue weighted by molar-refractivity contribution is 0.0942. The van der Waals surface area contributed by atoms with Crippen LogP contribution >= 0.6 is 0 Å². The lowest BCUT2D eigenvalue weighted by atomic mass is 10.1. The number of benzene rings is 1. The first-order valence-corrected chi connectivity index (χ1v) is 11.4. The minimum absolute atomic E-state index is 0.160. The van der Waals surface area contributed by atoms with Gasteiger partial charge in [-0.05, 0) is 56.1 Å². The van der Waals surface area contributed by atoms with Gasteiger partial charge in [0.05, 0.1) is 4.90 Å². The first kappa shape index (κ1) is 21.9. The number of nitrogens with one attached hydrogen (secondary N) is 1. The average Bonchev–Trinajstić information content (AvgIpc) is 2.67. The van der Waals surface area contributed by atoms with Crippen LogP contribution in [0.3, 0.4) is 0 Å². The fourth-order valence-electron chi connectivity index (χ4n) is 3.51. The molecule has 27 heavy (non-hydrogen) atoms. The highest BCUT2D eigenvalue weighted by Gasteiger charge is 2.21. The van der Waals surface area contributed by atoms with Gasteiger partial charge in [0.15, 0.2) is 0 Å². The molecule has 0 aliphatic carbocycles. The van der Waals surface area contributed by atoms with Gasteiger partial charge in [0.2, 0.25) is 10.0 Å². The molecule has 1 aromatic rings. The molecule has 0 saturated carbocycles. The molecule has 1 atom stereocenters. The number of amides is 1. The Kier molecular flexibility index (Phi) is 8.26. The molecule has 1 saturated heterocycles. The van der Waals surface area contributed by atoms with Crippen molar-refractivity contribution in [2.24, 2.45) is 5.92 Å². The number of carbonyl (C=O) groups is 1. The Morgan fingerprint density at radius 2 is 1.70 bits per heavy atom. The molecule has 1 heterocycles. The fourth-order valence-corrected chi connectivity index (χ4v) is 4.97. The van der Waals surface area contributed by atoms with Crippen LogP contribution in [0.15, 0.2) is 29.2 Å². The molecule has 6 nitrogen and oxygen atoms in total. The van der Waals surface area contributed by atoms with E-state index in [1.807, 2.05) is 13.8 Å². The van der Waals surface area contributed by atoms with Crippen molar-refractivity contribution < 1.29 is 13.2 Å². The molecule has 7 heteroatoms. The standard InChI is InChI=1S/C20H33N3O3S/c1-4-23(5-2)27(25,26)19-11-9-18(10-12-19)20(24)21-15-17(3)16-22-13-7-6-8-14-22/h9-12,17H,4-8,13-16H2,1-3H3,(H,21,24). The molecule has 0 spiro atoms. The maximum Gasteiger partial charge on any atom is 0.251 e. The Morgan fingerprint density at radius 3 is 2.26 bits per heavy atom. The molecule has 1 aromatic carbocycles. The fraction of sp³-hybridized carbons (Fsp3) is 0.650. The van der Waals surface area contributed by atoms with Crippen molar-refractivity contribution in [2.75, 3.05) is 39.3 Å². The summed E-state index contributed by atoms with van der Waals surface area (Å²) in [6.45, 7) is 10.6. The lowest BCUT2D eigenvalue weighted by Gasteiger charge is -2.29. The van der Waals surface area contributed by atoms with E-state index in [9.17, 15) is 13.2 Å². The van der Waals surface area contributed by atoms with E-state index >= 15 is 0 Å². The molecule has 0 bridgehead atoms. The summed E-state index contributed by atoms with van der Waals surface area (Å²) >= 11 is 0. The van der Waals surface area contributed by atoms with Crippen molar-refractivity contribution in [3.8, 4) is 0 Å². The summed E-state index contributed by atoms with van der Waals surface area (Å²) in [6, 6.07) is 6.20. The van der Waals surface area contributed by atoms with E-state index in [0.29, 0.717) is 31.1 Å². The maximum atomic E-state index is 12.5. The minimum Gasteiger partial charge on any atom is -0.352 e. The summed E-state index contributed by atoms with van der Waals surface area (Å²) in [5.41, 5.74) is 0.485. The quantitative estimate of drug-likeness (QED) is 0.698. The smallest absolute Gasteiger partial charge is 0.251 e. The molecule has 1 amide bonds. The van der Waals surface area contributed by atoms with Crippen LogP contribution < -0.4 is 5.32 Å². The number of hydrogen-bond acceptors (Lipinski definition) is 4. The van der Waals surface area contributed by atoms with Gasteiger partial charge in [-0.25, -0.2) is 8.42 Å². The van der Waals surface area contributed by atoms with Crippen LogP contribution in [0, 0.1) is 5.92 Å². The summed E-state index contributed by atoms with van der Waals surface area (Å²) in [6.07, 6.45) is 3.85. The van der Waals surface area contributed by atoms with Crippen molar-refractivity contribution in [3.63, 3.8) is 0 Å². The predicted molar refractivity (Wildman–Crippen MR) is 108 cm³/mol. The van der Waals surface area contributed by atoms with Gasteiger partial charge < -0.3 is 10.2 Å². The number of sulfonamides is 1. The number of piperidine rings is 1. The van der Waals surface area contributed by atoms with Crippen LogP contribution in [0.25, 0.3) is 0 Å². The molecule has 0 aromatic heterocycles. The zero-order chi connectivity index (χ0) is 19.9. The molecule has 1 fully saturated rings. The van der Waals surface area contributed by atoms with Crippen LogP contribution in [-0.2, 0) is 10.0 Å². The van der Waals surface area contributed by atoms with Gasteiger partial charge in [-0.3, -0.25) is 4.79 Å². The van der Waals surface area contributed by atoms with E-state index in [1.165, 1.54) is 35.7 Å². The Bertz CT molecular complexity index is 694. The van der Waals surface area contributed by atoms with Gasteiger partial charge in [-0.1, -0.05) is 27.2 Å². The summed E-state index contributed by atoms with van der Waals surface area (Å²) in [5, 5.41) is 2.97. The average molecular weight is 396 g/mol. The largest absolute Gasteiger partial charge is 0.352 e. The minimum atomic E-state index is -3.49. The highest BCUT2D eigenvalue weighted by atomic mass is 32.2. The van der Waals surface area contributed by atoms with Crippen molar-refractivity contribution in [3.05, 3.63) is 29.8 Å². The summed E-state index contributed by atoms with van der Waals surface area (Å²) in [4.78, 5) is 15.1. The van der Waals surface area contributed by atoms with Gasteiger partial charge in [0, 0.05) is 31.7 Å². The number of likely N-dealkylation sites (tertiary alicyclic amines) is 1. The summed E-state index contributed by atoms with van der Waals surface area (Å²) < 4.78 is 26.4. The number of carbonyl (C=O) groups excluding carboxylic acids is 1. The lowest BCUT2D eigenvalue weighted by Crippen LogP contribution is -2.38. The summed E-state index contributed by atoms with van der Waals surface area (Å²) in [5.74, 6) is 0.224. The number of nitrogens with zero attached hydrogens (tertiary/aromatic N) is 2. The zero-order valence-corrected chi connectivity index (χ0v) is 17.6. The van der Waals surface area contributed by atoms with E-state index in [2.05, 4.69) is 17.1 Å². The third-order valence-electron chi connectivity index (χ3n) is 5.09. The van der Waals surface area contributed by atoms with Crippen LogP contribution in [-0.4, -0.2) is 62.8 Å². The topological polar surface area (TPSA) is 69.7 Å². The van der Waals surface area contributed by atoms with Gasteiger partial charge in [-0.15, -0.1) is 0 Å². The van der Waals surface area contributed by atoms with Gasteiger partial charge in [0.25, 0.3) is 5.91 Å². The van der Waals surface area contributed by atoms with E-state index in [0.717, 1.165) is 19.6 Å². The Hall–Kier alpha value is -1.44. The first-order valence-electron chi connectivity index (χ1n) is 9.99. The Balaban J connectivity index is 1.89. The number of rotatable bonds is 9. The Labute approximate surface area is 164 Å². The van der Waals surface area contributed by atoms with Crippen molar-refractivity contribution in [1.29, 1.82) is 0 Å². The van der Waals surface area contributed by atoms with Crippen molar-refractivity contribution in [1.82, 2.24) is 14.5 Å². The molecule has 1 aliphatic rings. The molecule has 1 unspecified atom stereocenters. The molecule has 1 aliphatic heterocycles. The summed E-state index contributed by atoms with van der Waals surface area (Å²) in [7, 11) is -3.49. The van der Waals surface area contributed by atoms with E-state index in [4.69, 9.17) is 0 Å². The molecular weight excluding hydrogens is 362 g/mol.